The summed E-state index contributed by atoms with van der Waals surface area (Å²) in [6.45, 7) is 3.70. The summed E-state index contributed by atoms with van der Waals surface area (Å²) in [5.74, 6) is 0.424. The first-order valence-electron chi connectivity index (χ1n) is 10.0. The molecule has 0 saturated heterocycles. The Bertz CT molecular complexity index is 892. The first kappa shape index (κ1) is 22.7. The van der Waals surface area contributed by atoms with Crippen LogP contribution in [0.3, 0.4) is 0 Å². The quantitative estimate of drug-likeness (QED) is 0.649. The molecule has 0 saturated carbocycles. The van der Waals surface area contributed by atoms with Crippen LogP contribution in [0.15, 0.2) is 36.4 Å². The van der Waals surface area contributed by atoms with Crippen LogP contribution in [-0.4, -0.2) is 61.2 Å². The highest BCUT2D eigenvalue weighted by atomic mass is 35.5. The molecule has 3 N–H and O–H groups in total. The number of nitrogens with zero attached hydrogens (tertiary/aromatic N) is 1. The third kappa shape index (κ3) is 6.77. The van der Waals surface area contributed by atoms with Crippen molar-refractivity contribution in [3.05, 3.63) is 52.5 Å². The number of carbonyl (C=O) groups excluding carboxylic acids is 2. The zero-order valence-electron chi connectivity index (χ0n) is 17.3. The number of rotatable bonds is 2. The molecular weight excluding hydrogens is 422 g/mol. The van der Waals surface area contributed by atoms with Crippen molar-refractivity contribution in [3.63, 3.8) is 0 Å². The van der Waals surface area contributed by atoms with Gasteiger partial charge in [0.05, 0.1) is 0 Å². The Hall–Kier alpha value is -2.97. The Balaban J connectivity index is 1.68. The topological polar surface area (TPSA) is 100 Å². The summed E-state index contributed by atoms with van der Waals surface area (Å²) in [4.78, 5) is 26.3. The Morgan fingerprint density at radius 2 is 1.55 bits per heavy atom. The number of ether oxygens (including phenoxy) is 2. The minimum Gasteiger partial charge on any atom is -0.508 e. The van der Waals surface area contributed by atoms with Crippen molar-refractivity contribution in [2.24, 2.45) is 0 Å². The van der Waals surface area contributed by atoms with Crippen molar-refractivity contribution in [2.45, 2.75) is 13.5 Å². The number of benzene rings is 2. The van der Waals surface area contributed by atoms with E-state index in [1.54, 1.807) is 36.4 Å². The van der Waals surface area contributed by atoms with E-state index >= 15 is 0 Å². The van der Waals surface area contributed by atoms with Gasteiger partial charge in [-0.05, 0) is 36.8 Å². The smallest absolute Gasteiger partial charge is 0.257 e. The molecule has 8 nitrogen and oxygen atoms in total. The fourth-order valence-corrected chi connectivity index (χ4v) is 3.32. The summed E-state index contributed by atoms with van der Waals surface area (Å²) in [5.41, 5.74) is 1.47. The first-order valence-corrected chi connectivity index (χ1v) is 10.4. The number of nitrogens with one attached hydrogen (secondary N) is 2. The average Bonchev–Trinajstić information content (AvgIpc) is 2.74. The standard InChI is InChI=1S/C22H26ClN3O5/c1-15-10-18(27)16(11-17(15)23)12-26-8-6-24-21(28)13-30-19-4-2-3-5-20(19)31-14-22(29)25-7-9-26/h2-5,10-11,27H,6-9,12-14H2,1H3,(H,24,28)(H,25,29). The molecule has 0 aliphatic carbocycles. The van der Waals surface area contributed by atoms with E-state index in [4.69, 9.17) is 21.1 Å². The third-order valence-electron chi connectivity index (χ3n) is 4.82. The van der Waals surface area contributed by atoms with E-state index in [1.165, 1.54) is 0 Å². The summed E-state index contributed by atoms with van der Waals surface area (Å²) < 4.78 is 11.1. The van der Waals surface area contributed by atoms with E-state index < -0.39 is 0 Å². The second kappa shape index (κ2) is 10.9. The number of amides is 2. The molecule has 0 aromatic heterocycles. The number of halogens is 1. The van der Waals surface area contributed by atoms with Gasteiger partial charge in [-0.25, -0.2) is 0 Å². The minimum absolute atomic E-state index is 0.158. The van der Waals surface area contributed by atoms with E-state index in [2.05, 4.69) is 10.6 Å². The van der Waals surface area contributed by atoms with Crippen LogP contribution >= 0.6 is 11.6 Å². The fourth-order valence-electron chi connectivity index (χ4n) is 3.13. The van der Waals surface area contributed by atoms with Crippen molar-refractivity contribution in [3.8, 4) is 17.2 Å². The monoisotopic (exact) mass is 447 g/mol. The molecule has 3 rings (SSSR count). The van der Waals surface area contributed by atoms with E-state index in [9.17, 15) is 14.7 Å². The molecule has 0 unspecified atom stereocenters. The van der Waals surface area contributed by atoms with Gasteiger partial charge in [-0.3, -0.25) is 14.5 Å². The summed E-state index contributed by atoms with van der Waals surface area (Å²) in [6.07, 6.45) is 0. The van der Waals surface area contributed by atoms with Crippen LogP contribution < -0.4 is 20.1 Å². The zero-order chi connectivity index (χ0) is 22.2. The number of phenolic OH excluding ortho intramolecular Hbond substituents is 1. The number of phenols is 1. The van der Waals surface area contributed by atoms with Crippen LogP contribution in [0.25, 0.3) is 0 Å². The van der Waals surface area contributed by atoms with E-state index in [0.717, 1.165) is 5.56 Å². The maximum atomic E-state index is 12.2. The highest BCUT2D eigenvalue weighted by molar-refractivity contribution is 6.31. The number of aromatic hydroxyl groups is 1. The molecule has 0 radical (unpaired) electrons. The van der Waals surface area contributed by atoms with Gasteiger partial charge in [-0.1, -0.05) is 23.7 Å². The van der Waals surface area contributed by atoms with E-state index in [1.807, 2.05) is 11.8 Å². The van der Waals surface area contributed by atoms with Crippen LogP contribution in [0.4, 0.5) is 0 Å². The van der Waals surface area contributed by atoms with Gasteiger partial charge in [-0.15, -0.1) is 0 Å². The molecule has 9 heteroatoms. The van der Waals surface area contributed by atoms with Crippen LogP contribution in [0.2, 0.25) is 5.02 Å². The predicted octanol–water partition coefficient (Wildman–Crippen LogP) is 1.86. The van der Waals surface area contributed by atoms with Gasteiger partial charge in [0.2, 0.25) is 0 Å². The molecule has 166 valence electrons. The van der Waals surface area contributed by atoms with Crippen molar-refractivity contribution < 1.29 is 24.2 Å². The summed E-state index contributed by atoms with van der Waals surface area (Å²) in [7, 11) is 0. The van der Waals surface area contributed by atoms with Gasteiger partial charge in [0.1, 0.15) is 5.75 Å². The molecule has 0 atom stereocenters. The number of aryl methyl sites for hydroxylation is 1. The van der Waals surface area contributed by atoms with Gasteiger partial charge in [-0.2, -0.15) is 0 Å². The third-order valence-corrected chi connectivity index (χ3v) is 5.23. The number of hydrogen-bond donors (Lipinski definition) is 3. The number of carbonyl (C=O) groups is 2. The Morgan fingerprint density at radius 3 is 2.10 bits per heavy atom. The van der Waals surface area contributed by atoms with Crippen molar-refractivity contribution in [1.29, 1.82) is 0 Å². The second-order valence-electron chi connectivity index (χ2n) is 7.23. The normalized spacial score (nSPS) is 16.6. The Morgan fingerprint density at radius 1 is 1.00 bits per heavy atom. The largest absolute Gasteiger partial charge is 0.508 e. The molecule has 0 spiro atoms. The maximum absolute atomic E-state index is 12.2. The van der Waals surface area contributed by atoms with Crippen LogP contribution in [0.1, 0.15) is 11.1 Å². The number of fused-ring (bicyclic) bond motifs is 1. The Kier molecular flexibility index (Phi) is 7.97. The maximum Gasteiger partial charge on any atom is 0.257 e. The molecule has 1 heterocycles. The molecule has 2 aromatic rings. The molecule has 2 amide bonds. The molecule has 31 heavy (non-hydrogen) atoms. The molecule has 2 aromatic carbocycles. The summed E-state index contributed by atoms with van der Waals surface area (Å²) >= 11 is 6.20. The lowest BCUT2D eigenvalue weighted by molar-refractivity contribution is -0.124. The summed E-state index contributed by atoms with van der Waals surface area (Å²) in [6, 6.07) is 10.2. The molecule has 0 bridgehead atoms. The van der Waals surface area contributed by atoms with Gasteiger partial charge in [0, 0.05) is 43.3 Å². The second-order valence-corrected chi connectivity index (χ2v) is 7.64. The highest BCUT2D eigenvalue weighted by Crippen LogP contribution is 2.27. The summed E-state index contributed by atoms with van der Waals surface area (Å²) in [5, 5.41) is 16.5. The number of para-hydroxylation sites is 2. The SMILES string of the molecule is Cc1cc(O)c(CN2CCNC(=O)COc3ccccc3OCC(=O)NCC2)cc1Cl. The van der Waals surface area contributed by atoms with Crippen molar-refractivity contribution >= 4 is 23.4 Å². The Labute approximate surface area is 186 Å². The lowest BCUT2D eigenvalue weighted by Gasteiger charge is -2.23. The lowest BCUT2D eigenvalue weighted by Crippen LogP contribution is -2.40. The van der Waals surface area contributed by atoms with Crippen LogP contribution in [0, 0.1) is 6.92 Å². The highest BCUT2D eigenvalue weighted by Gasteiger charge is 2.14. The van der Waals surface area contributed by atoms with Crippen molar-refractivity contribution in [1.82, 2.24) is 15.5 Å². The van der Waals surface area contributed by atoms with E-state index in [0.29, 0.717) is 54.8 Å². The molecular formula is C22H26ClN3O5. The van der Waals surface area contributed by atoms with Gasteiger partial charge >= 0.3 is 0 Å². The average molecular weight is 448 g/mol. The van der Waals surface area contributed by atoms with Gasteiger partial charge in [0.15, 0.2) is 24.7 Å². The fraction of sp³-hybridized carbons (Fsp3) is 0.364. The molecule has 0 fully saturated rings. The minimum atomic E-state index is -0.264. The van der Waals surface area contributed by atoms with Crippen LogP contribution in [-0.2, 0) is 16.1 Å². The van der Waals surface area contributed by atoms with Gasteiger partial charge in [0.25, 0.3) is 11.8 Å². The van der Waals surface area contributed by atoms with Crippen molar-refractivity contribution in [2.75, 3.05) is 39.4 Å². The molecule has 1 aliphatic rings. The zero-order valence-corrected chi connectivity index (χ0v) is 18.1. The first-order chi connectivity index (χ1) is 14.9. The predicted molar refractivity (Wildman–Crippen MR) is 117 cm³/mol. The number of hydrogen-bond acceptors (Lipinski definition) is 6. The molecule has 1 aliphatic heterocycles. The lowest BCUT2D eigenvalue weighted by atomic mass is 10.1. The van der Waals surface area contributed by atoms with Gasteiger partial charge < -0.3 is 25.2 Å². The van der Waals surface area contributed by atoms with E-state index in [-0.39, 0.29) is 30.8 Å². The van der Waals surface area contributed by atoms with Crippen LogP contribution in [0.5, 0.6) is 17.2 Å².